The van der Waals surface area contributed by atoms with E-state index >= 15 is 0 Å². The summed E-state index contributed by atoms with van der Waals surface area (Å²) in [5, 5.41) is 9.82. The average molecular weight is 245 g/mol. The summed E-state index contributed by atoms with van der Waals surface area (Å²) < 4.78 is 5.18. The molecule has 1 unspecified atom stereocenters. The SMILES string of the molecule is CCC(CC)N(CCOC)CC(C)(C)C(C)O. The highest BCUT2D eigenvalue weighted by molar-refractivity contribution is 4.81. The fraction of sp³-hybridized carbons (Fsp3) is 1.00. The summed E-state index contributed by atoms with van der Waals surface area (Å²) in [7, 11) is 1.74. The summed E-state index contributed by atoms with van der Waals surface area (Å²) in [6.45, 7) is 13.2. The molecule has 0 saturated heterocycles. The number of rotatable bonds is 9. The molecule has 3 heteroatoms. The molecule has 0 fully saturated rings. The van der Waals surface area contributed by atoms with Crippen molar-refractivity contribution in [2.24, 2.45) is 5.41 Å². The van der Waals surface area contributed by atoms with Crippen molar-refractivity contribution in [3.05, 3.63) is 0 Å². The molecule has 0 aliphatic carbocycles. The summed E-state index contributed by atoms with van der Waals surface area (Å²) >= 11 is 0. The Kier molecular flexibility index (Phi) is 8.01. The van der Waals surface area contributed by atoms with Crippen LogP contribution in [0.5, 0.6) is 0 Å². The van der Waals surface area contributed by atoms with Gasteiger partial charge in [0.05, 0.1) is 12.7 Å². The van der Waals surface area contributed by atoms with Crippen molar-refractivity contribution in [2.75, 3.05) is 26.8 Å². The van der Waals surface area contributed by atoms with Gasteiger partial charge in [0, 0.05) is 31.7 Å². The lowest BCUT2D eigenvalue weighted by Crippen LogP contribution is -2.46. The Morgan fingerprint density at radius 3 is 2.12 bits per heavy atom. The van der Waals surface area contributed by atoms with E-state index in [0.29, 0.717) is 6.04 Å². The molecule has 0 aliphatic rings. The molecule has 0 heterocycles. The van der Waals surface area contributed by atoms with Crippen LogP contribution >= 0.6 is 0 Å². The maximum atomic E-state index is 9.82. The van der Waals surface area contributed by atoms with Crippen LogP contribution in [0.3, 0.4) is 0 Å². The molecule has 0 saturated carbocycles. The molecule has 0 bridgehead atoms. The zero-order valence-corrected chi connectivity index (χ0v) is 12.5. The minimum atomic E-state index is -0.290. The quantitative estimate of drug-likeness (QED) is 0.677. The van der Waals surface area contributed by atoms with Gasteiger partial charge in [-0.15, -0.1) is 0 Å². The van der Waals surface area contributed by atoms with Crippen LogP contribution in [0.2, 0.25) is 0 Å². The third-order valence-electron chi connectivity index (χ3n) is 3.78. The van der Waals surface area contributed by atoms with Crippen LogP contribution < -0.4 is 0 Å². The predicted molar refractivity (Wildman–Crippen MR) is 73.3 cm³/mol. The highest BCUT2D eigenvalue weighted by Crippen LogP contribution is 2.24. The molecule has 0 aliphatic heterocycles. The summed E-state index contributed by atoms with van der Waals surface area (Å²) in [6, 6.07) is 0.586. The van der Waals surface area contributed by atoms with Crippen LogP contribution in [0.1, 0.15) is 47.5 Å². The molecular formula is C14H31NO2. The summed E-state index contributed by atoms with van der Waals surface area (Å²) in [4.78, 5) is 2.45. The third-order valence-corrected chi connectivity index (χ3v) is 3.78. The molecule has 3 nitrogen and oxygen atoms in total. The van der Waals surface area contributed by atoms with E-state index in [1.807, 2.05) is 6.92 Å². The molecule has 0 rings (SSSR count). The van der Waals surface area contributed by atoms with E-state index in [9.17, 15) is 5.11 Å². The van der Waals surface area contributed by atoms with Gasteiger partial charge in [0.15, 0.2) is 0 Å². The van der Waals surface area contributed by atoms with Crippen molar-refractivity contribution in [2.45, 2.75) is 59.6 Å². The van der Waals surface area contributed by atoms with Crippen LogP contribution in [0.25, 0.3) is 0 Å². The third kappa shape index (κ3) is 5.84. The van der Waals surface area contributed by atoms with E-state index in [-0.39, 0.29) is 11.5 Å². The number of hydrogen-bond donors (Lipinski definition) is 1. The first-order valence-corrected chi connectivity index (χ1v) is 6.80. The smallest absolute Gasteiger partial charge is 0.0589 e. The first kappa shape index (κ1) is 16.9. The Morgan fingerprint density at radius 1 is 1.24 bits per heavy atom. The molecule has 0 aromatic carbocycles. The first-order valence-electron chi connectivity index (χ1n) is 6.80. The topological polar surface area (TPSA) is 32.7 Å². The summed E-state index contributed by atoms with van der Waals surface area (Å²) in [5.74, 6) is 0. The van der Waals surface area contributed by atoms with Crippen molar-refractivity contribution in [3.8, 4) is 0 Å². The Bertz CT molecular complexity index is 189. The molecule has 0 spiro atoms. The van der Waals surface area contributed by atoms with Gasteiger partial charge in [-0.1, -0.05) is 27.7 Å². The van der Waals surface area contributed by atoms with Crippen molar-refractivity contribution < 1.29 is 9.84 Å². The average Bonchev–Trinajstić information content (AvgIpc) is 2.26. The van der Waals surface area contributed by atoms with Crippen LogP contribution in [0.15, 0.2) is 0 Å². The van der Waals surface area contributed by atoms with E-state index in [1.165, 1.54) is 0 Å². The lowest BCUT2D eigenvalue weighted by Gasteiger charge is -2.38. The maximum Gasteiger partial charge on any atom is 0.0589 e. The predicted octanol–water partition coefficient (Wildman–Crippen LogP) is 2.53. The first-order chi connectivity index (χ1) is 7.88. The number of aliphatic hydroxyl groups is 1. The summed E-state index contributed by atoms with van der Waals surface area (Å²) in [6.07, 6.45) is 2.01. The van der Waals surface area contributed by atoms with Gasteiger partial charge in [-0.25, -0.2) is 0 Å². The van der Waals surface area contributed by atoms with Crippen LogP contribution in [-0.2, 0) is 4.74 Å². The van der Waals surface area contributed by atoms with E-state index in [4.69, 9.17) is 4.74 Å². The van der Waals surface area contributed by atoms with Crippen LogP contribution in [0, 0.1) is 5.41 Å². The molecule has 0 aromatic rings. The van der Waals surface area contributed by atoms with Crippen molar-refractivity contribution in [1.82, 2.24) is 4.90 Å². The zero-order chi connectivity index (χ0) is 13.5. The second-order valence-corrected chi connectivity index (χ2v) is 5.60. The van der Waals surface area contributed by atoms with Crippen molar-refractivity contribution >= 4 is 0 Å². The number of ether oxygens (including phenoxy) is 1. The second kappa shape index (κ2) is 8.06. The van der Waals surface area contributed by atoms with E-state index in [2.05, 4.69) is 32.6 Å². The number of hydrogen-bond acceptors (Lipinski definition) is 3. The van der Waals surface area contributed by atoms with Crippen LogP contribution in [0.4, 0.5) is 0 Å². The Balaban J connectivity index is 4.57. The highest BCUT2D eigenvalue weighted by atomic mass is 16.5. The van der Waals surface area contributed by atoms with E-state index in [1.54, 1.807) is 7.11 Å². The van der Waals surface area contributed by atoms with Gasteiger partial charge in [0.1, 0.15) is 0 Å². The van der Waals surface area contributed by atoms with Gasteiger partial charge in [-0.05, 0) is 19.8 Å². The highest BCUT2D eigenvalue weighted by Gasteiger charge is 2.29. The van der Waals surface area contributed by atoms with Crippen molar-refractivity contribution in [3.63, 3.8) is 0 Å². The molecular weight excluding hydrogens is 214 g/mol. The van der Waals surface area contributed by atoms with E-state index in [0.717, 1.165) is 32.5 Å². The molecule has 1 atom stereocenters. The molecule has 104 valence electrons. The summed E-state index contributed by atoms with van der Waals surface area (Å²) in [5.41, 5.74) is -0.0731. The molecule has 1 N–H and O–H groups in total. The number of nitrogens with zero attached hydrogens (tertiary/aromatic N) is 1. The standard InChI is InChI=1S/C14H31NO2/c1-7-13(8-2)15(9-10-17-6)11-14(4,5)12(3)16/h12-13,16H,7-11H2,1-6H3. The fourth-order valence-electron chi connectivity index (χ4n) is 2.06. The largest absolute Gasteiger partial charge is 0.393 e. The fourth-order valence-corrected chi connectivity index (χ4v) is 2.06. The Hall–Kier alpha value is -0.120. The minimum Gasteiger partial charge on any atom is -0.393 e. The Labute approximate surface area is 107 Å². The number of aliphatic hydroxyl groups excluding tert-OH is 1. The monoisotopic (exact) mass is 245 g/mol. The van der Waals surface area contributed by atoms with Crippen LogP contribution in [-0.4, -0.2) is 49.0 Å². The Morgan fingerprint density at radius 2 is 1.76 bits per heavy atom. The van der Waals surface area contributed by atoms with Gasteiger partial charge < -0.3 is 9.84 Å². The van der Waals surface area contributed by atoms with E-state index < -0.39 is 0 Å². The van der Waals surface area contributed by atoms with Gasteiger partial charge in [0.25, 0.3) is 0 Å². The van der Waals surface area contributed by atoms with Gasteiger partial charge in [0.2, 0.25) is 0 Å². The second-order valence-electron chi connectivity index (χ2n) is 5.60. The maximum absolute atomic E-state index is 9.82. The minimum absolute atomic E-state index is 0.0731. The van der Waals surface area contributed by atoms with Gasteiger partial charge in [-0.2, -0.15) is 0 Å². The van der Waals surface area contributed by atoms with Gasteiger partial charge in [-0.3, -0.25) is 4.90 Å². The lowest BCUT2D eigenvalue weighted by atomic mass is 9.86. The lowest BCUT2D eigenvalue weighted by molar-refractivity contribution is 0.0118. The van der Waals surface area contributed by atoms with Crippen molar-refractivity contribution in [1.29, 1.82) is 0 Å². The molecule has 0 amide bonds. The molecule has 17 heavy (non-hydrogen) atoms. The normalized spacial score (nSPS) is 14.6. The number of methoxy groups -OCH3 is 1. The molecule has 0 radical (unpaired) electrons. The zero-order valence-electron chi connectivity index (χ0n) is 12.5. The molecule has 0 aromatic heterocycles. The van der Waals surface area contributed by atoms with Gasteiger partial charge >= 0.3 is 0 Å².